The lowest BCUT2D eigenvalue weighted by atomic mass is 10.1. The van der Waals surface area contributed by atoms with Crippen LogP contribution in [0.3, 0.4) is 0 Å². The maximum atomic E-state index is 13.3. The Hall–Kier alpha value is -5.38. The summed E-state index contributed by atoms with van der Waals surface area (Å²) in [6, 6.07) is 20.2. The monoisotopic (exact) mass is 698 g/mol. The fraction of sp³-hybridized carbons (Fsp3) is 0.366. The third-order valence-electron chi connectivity index (χ3n) is 7.77. The van der Waals surface area contributed by atoms with Gasteiger partial charge in [0.25, 0.3) is 5.91 Å². The number of carbonyl (C=O) groups is 4. The van der Waals surface area contributed by atoms with E-state index in [1.54, 1.807) is 92.1 Å². The van der Waals surface area contributed by atoms with E-state index in [1.807, 2.05) is 19.9 Å². The highest BCUT2D eigenvalue weighted by Gasteiger charge is 2.18. The third kappa shape index (κ3) is 14.6. The fourth-order valence-corrected chi connectivity index (χ4v) is 5.02. The van der Waals surface area contributed by atoms with Crippen molar-refractivity contribution in [1.29, 1.82) is 0 Å². The van der Waals surface area contributed by atoms with Crippen LogP contribution in [0.25, 0.3) is 0 Å². The predicted octanol–water partition coefficient (Wildman–Crippen LogP) is 8.21. The summed E-state index contributed by atoms with van der Waals surface area (Å²) in [5, 5.41) is 12.5. The van der Waals surface area contributed by atoms with Gasteiger partial charge in [0.1, 0.15) is 23.8 Å². The quantitative estimate of drug-likeness (QED) is 0.0350. The number of carboxylic acids is 1. The zero-order chi connectivity index (χ0) is 37.0. The molecule has 1 amide bonds. The molecule has 10 nitrogen and oxygen atoms in total. The van der Waals surface area contributed by atoms with Crippen molar-refractivity contribution in [3.63, 3.8) is 0 Å². The summed E-state index contributed by atoms with van der Waals surface area (Å²) in [4.78, 5) is 51.6. The van der Waals surface area contributed by atoms with Gasteiger partial charge >= 0.3 is 11.9 Å². The minimum absolute atomic E-state index is 0.0558. The molecule has 3 rings (SSSR count). The molecular weight excluding hydrogens is 648 g/mol. The van der Waals surface area contributed by atoms with E-state index >= 15 is 0 Å². The number of nitrogens with one attached hydrogen (secondary N) is 1. The van der Waals surface area contributed by atoms with Gasteiger partial charge < -0.3 is 29.5 Å². The van der Waals surface area contributed by atoms with Gasteiger partial charge in [-0.2, -0.15) is 0 Å². The number of aliphatic carboxylic acids is 1. The highest BCUT2D eigenvalue weighted by atomic mass is 16.5. The molecule has 0 aliphatic heterocycles. The van der Waals surface area contributed by atoms with Crippen LogP contribution in [-0.2, 0) is 9.53 Å². The summed E-state index contributed by atoms with van der Waals surface area (Å²) in [6.45, 7) is 6.44. The van der Waals surface area contributed by atoms with Crippen molar-refractivity contribution in [3.05, 3.63) is 113 Å². The predicted molar refractivity (Wildman–Crippen MR) is 199 cm³/mol. The second kappa shape index (κ2) is 21.7. The number of rotatable bonds is 22. The first-order chi connectivity index (χ1) is 24.6. The molecule has 0 unspecified atom stereocenters. The maximum Gasteiger partial charge on any atom is 0.343 e. The summed E-state index contributed by atoms with van der Waals surface area (Å²) in [5.41, 5.74) is 1.87. The van der Waals surface area contributed by atoms with E-state index in [2.05, 4.69) is 12.2 Å². The molecule has 2 N–H and O–H groups in total. The Morgan fingerprint density at radius 1 is 0.824 bits per heavy atom. The van der Waals surface area contributed by atoms with E-state index in [9.17, 15) is 24.3 Å². The number of amides is 1. The molecule has 0 atom stereocenters. The van der Waals surface area contributed by atoms with Gasteiger partial charge in [-0.15, -0.1) is 0 Å². The van der Waals surface area contributed by atoms with Gasteiger partial charge in [0.15, 0.2) is 5.78 Å². The van der Waals surface area contributed by atoms with Crippen LogP contribution < -0.4 is 14.8 Å². The maximum absolute atomic E-state index is 13.3. The lowest BCUT2D eigenvalue weighted by molar-refractivity contribution is -0.137. The van der Waals surface area contributed by atoms with Crippen molar-refractivity contribution in [2.75, 3.05) is 38.7 Å². The molecule has 0 aromatic heterocycles. The Bertz CT molecular complexity index is 1610. The molecule has 51 heavy (non-hydrogen) atoms. The zero-order valence-corrected chi connectivity index (χ0v) is 30.1. The number of esters is 1. The molecule has 0 fully saturated rings. The number of benzene rings is 3. The van der Waals surface area contributed by atoms with Crippen molar-refractivity contribution in [1.82, 2.24) is 4.90 Å². The van der Waals surface area contributed by atoms with Crippen molar-refractivity contribution >= 4 is 29.3 Å². The smallest absolute Gasteiger partial charge is 0.343 e. The average Bonchev–Trinajstić information content (AvgIpc) is 3.13. The van der Waals surface area contributed by atoms with Crippen LogP contribution in [0.1, 0.15) is 90.4 Å². The van der Waals surface area contributed by atoms with E-state index in [4.69, 9.17) is 14.2 Å². The standard InChI is InChI=1S/C41H50N2O8/c1-5-6-7-8-11-26-50-36-23-17-33(18-24-36)41(48)51-37(27-30(2)3)12-9-10-25-43(29-39(45)46)40(47)32-13-19-34(20-14-32)42-28-38(44)31-15-21-35(49-4)22-16-31/h9,12-24,27,30,42H,5-8,10-11,25-26,28-29H2,1-4H3,(H,45,46)/b12-9-,37-27+. The van der Waals surface area contributed by atoms with Crippen LogP contribution in [0, 0.1) is 5.92 Å². The SMILES string of the molecule is CCCCCCCOc1ccc(C(=O)OC(/C=C\CCN(CC(=O)O)C(=O)c2ccc(NCC(=O)c3ccc(OC)cc3)cc2)=C/C(C)C)cc1. The molecular formula is C41H50N2O8. The topological polar surface area (TPSA) is 131 Å². The number of unbranched alkanes of at least 4 members (excludes halogenated alkanes) is 4. The molecule has 3 aromatic carbocycles. The number of nitrogens with zero attached hydrogens (tertiary/aromatic N) is 1. The minimum Gasteiger partial charge on any atom is -0.497 e. The van der Waals surface area contributed by atoms with Crippen molar-refractivity contribution in [3.8, 4) is 11.5 Å². The van der Waals surface area contributed by atoms with Crippen molar-refractivity contribution in [2.45, 2.75) is 59.3 Å². The Morgan fingerprint density at radius 3 is 2.08 bits per heavy atom. The fourth-order valence-electron chi connectivity index (χ4n) is 5.02. The van der Waals surface area contributed by atoms with Gasteiger partial charge in [0.05, 0.1) is 25.8 Å². The molecule has 0 heterocycles. The number of hydrogen-bond donors (Lipinski definition) is 2. The van der Waals surface area contributed by atoms with E-state index in [-0.39, 0.29) is 24.8 Å². The summed E-state index contributed by atoms with van der Waals surface area (Å²) < 4.78 is 16.6. The van der Waals surface area contributed by atoms with Crippen LogP contribution in [-0.4, -0.2) is 67.0 Å². The molecule has 3 aromatic rings. The van der Waals surface area contributed by atoms with Crippen LogP contribution in [0.4, 0.5) is 5.69 Å². The van der Waals surface area contributed by atoms with Gasteiger partial charge in [-0.05, 0) is 104 Å². The molecule has 0 bridgehead atoms. The molecule has 0 saturated carbocycles. The number of anilines is 1. The third-order valence-corrected chi connectivity index (χ3v) is 7.77. The van der Waals surface area contributed by atoms with Crippen molar-refractivity contribution in [2.24, 2.45) is 5.92 Å². The number of allylic oxidation sites excluding steroid dienone is 2. The highest BCUT2D eigenvalue weighted by molar-refractivity contribution is 5.99. The summed E-state index contributed by atoms with van der Waals surface area (Å²) >= 11 is 0. The van der Waals surface area contributed by atoms with E-state index < -0.39 is 24.4 Å². The van der Waals surface area contributed by atoms with E-state index in [0.29, 0.717) is 52.7 Å². The molecule has 0 radical (unpaired) electrons. The first kappa shape index (κ1) is 40.1. The highest BCUT2D eigenvalue weighted by Crippen LogP contribution is 2.18. The minimum atomic E-state index is -1.14. The largest absolute Gasteiger partial charge is 0.497 e. The Kier molecular flexibility index (Phi) is 17.0. The van der Waals surface area contributed by atoms with Crippen LogP contribution in [0.15, 0.2) is 96.8 Å². The van der Waals surface area contributed by atoms with E-state index in [1.165, 1.54) is 24.2 Å². The number of carboxylic acid groups (broad SMARTS) is 1. The van der Waals surface area contributed by atoms with Gasteiger partial charge in [-0.3, -0.25) is 14.4 Å². The average molecular weight is 699 g/mol. The van der Waals surface area contributed by atoms with Crippen LogP contribution in [0.5, 0.6) is 11.5 Å². The van der Waals surface area contributed by atoms with E-state index in [0.717, 1.165) is 12.8 Å². The normalized spacial score (nSPS) is 11.4. The zero-order valence-electron chi connectivity index (χ0n) is 30.1. The number of hydrogen-bond acceptors (Lipinski definition) is 8. The Morgan fingerprint density at radius 2 is 1.45 bits per heavy atom. The first-order valence-electron chi connectivity index (χ1n) is 17.4. The Balaban J connectivity index is 1.54. The Labute approximate surface area is 301 Å². The molecule has 0 aliphatic carbocycles. The second-order valence-electron chi connectivity index (χ2n) is 12.4. The number of methoxy groups -OCH3 is 1. The van der Waals surface area contributed by atoms with Gasteiger partial charge in [-0.1, -0.05) is 52.5 Å². The molecule has 272 valence electrons. The second-order valence-corrected chi connectivity index (χ2v) is 12.4. The van der Waals surface area contributed by atoms with Crippen LogP contribution in [0.2, 0.25) is 0 Å². The summed E-state index contributed by atoms with van der Waals surface area (Å²) in [7, 11) is 1.56. The summed E-state index contributed by atoms with van der Waals surface area (Å²) in [5.74, 6) is -0.398. The number of ketones is 1. The van der Waals surface area contributed by atoms with Gasteiger partial charge in [0, 0.05) is 23.4 Å². The number of carbonyl (C=O) groups excluding carboxylic acids is 3. The van der Waals surface area contributed by atoms with Crippen LogP contribution >= 0.6 is 0 Å². The number of Topliss-reactive ketones (excluding diaryl/α,β-unsaturated/α-hetero) is 1. The lowest BCUT2D eigenvalue weighted by Crippen LogP contribution is -2.36. The first-order valence-corrected chi connectivity index (χ1v) is 17.4. The summed E-state index contributed by atoms with van der Waals surface area (Å²) in [6.07, 6.45) is 11.3. The van der Waals surface area contributed by atoms with Crippen molar-refractivity contribution < 1.29 is 38.5 Å². The molecule has 0 spiro atoms. The molecule has 10 heteroatoms. The van der Waals surface area contributed by atoms with Gasteiger partial charge in [0.2, 0.25) is 0 Å². The number of ether oxygens (including phenoxy) is 3. The lowest BCUT2D eigenvalue weighted by Gasteiger charge is -2.20. The van der Waals surface area contributed by atoms with Gasteiger partial charge in [-0.25, -0.2) is 4.79 Å². The molecule has 0 saturated heterocycles. The molecule has 0 aliphatic rings.